The van der Waals surface area contributed by atoms with E-state index in [1.807, 2.05) is 30.3 Å². The summed E-state index contributed by atoms with van der Waals surface area (Å²) in [6.07, 6.45) is -1.51. The summed E-state index contributed by atoms with van der Waals surface area (Å²) in [6, 6.07) is 9.28. The number of aliphatic hydroxyl groups is 1. The molecular weight excluding hydrogens is 246 g/mol. The highest BCUT2D eigenvalue weighted by Crippen LogP contribution is 2.04. The number of ketones is 1. The number of hydrogen-bond donors (Lipinski definition) is 2. The van der Waals surface area contributed by atoms with Crippen LogP contribution >= 0.6 is 0 Å². The zero-order valence-electron chi connectivity index (χ0n) is 11.1. The number of alkyl carbamates (subject to hydrolysis) is 1. The van der Waals surface area contributed by atoms with Gasteiger partial charge in [-0.2, -0.15) is 0 Å². The number of ether oxygens (including phenoxy) is 1. The maximum absolute atomic E-state index is 11.4. The number of carbonyl (C=O) groups excluding carboxylic acids is 2. The average molecular weight is 265 g/mol. The Morgan fingerprint density at radius 2 is 1.95 bits per heavy atom. The first-order chi connectivity index (χ1) is 9.00. The van der Waals surface area contributed by atoms with Crippen molar-refractivity contribution in [2.24, 2.45) is 5.92 Å². The van der Waals surface area contributed by atoms with E-state index in [1.165, 1.54) is 6.92 Å². The first-order valence-corrected chi connectivity index (χ1v) is 6.13. The minimum absolute atomic E-state index is 0.00559. The minimum atomic E-state index is -0.901. The van der Waals surface area contributed by atoms with Crippen LogP contribution < -0.4 is 5.32 Å². The third-order valence-corrected chi connectivity index (χ3v) is 2.89. The lowest BCUT2D eigenvalue weighted by atomic mass is 10.0. The highest BCUT2D eigenvalue weighted by molar-refractivity contribution is 5.78. The van der Waals surface area contributed by atoms with Gasteiger partial charge < -0.3 is 15.2 Å². The number of carbonyl (C=O) groups is 2. The van der Waals surface area contributed by atoms with Gasteiger partial charge >= 0.3 is 6.09 Å². The minimum Gasteiger partial charge on any atom is -0.445 e. The summed E-state index contributed by atoms with van der Waals surface area (Å²) < 4.78 is 4.97. The number of amides is 1. The molecule has 104 valence electrons. The lowest BCUT2D eigenvalue weighted by Crippen LogP contribution is -2.37. The summed E-state index contributed by atoms with van der Waals surface area (Å²) in [4.78, 5) is 22.4. The average Bonchev–Trinajstić information content (AvgIpc) is 2.42. The van der Waals surface area contributed by atoms with Crippen LogP contribution in [0.1, 0.15) is 19.4 Å². The van der Waals surface area contributed by atoms with Crippen molar-refractivity contribution >= 4 is 11.9 Å². The molecule has 0 aliphatic heterocycles. The van der Waals surface area contributed by atoms with Crippen LogP contribution in [0.25, 0.3) is 0 Å². The molecular formula is C14H19NO4. The van der Waals surface area contributed by atoms with E-state index in [0.717, 1.165) is 5.56 Å². The Kier molecular flexibility index (Phi) is 6.02. The normalized spacial score (nSPS) is 13.4. The van der Waals surface area contributed by atoms with Crippen molar-refractivity contribution in [1.29, 1.82) is 0 Å². The molecule has 0 aliphatic rings. The fourth-order valence-electron chi connectivity index (χ4n) is 1.41. The van der Waals surface area contributed by atoms with E-state index in [9.17, 15) is 14.7 Å². The zero-order valence-corrected chi connectivity index (χ0v) is 11.1. The fourth-order valence-corrected chi connectivity index (χ4v) is 1.41. The molecule has 2 atom stereocenters. The monoisotopic (exact) mass is 265 g/mol. The molecule has 1 aromatic rings. The molecule has 0 saturated carbocycles. The molecule has 0 aromatic heterocycles. The van der Waals surface area contributed by atoms with E-state index in [1.54, 1.807) is 6.92 Å². The third-order valence-electron chi connectivity index (χ3n) is 2.89. The largest absolute Gasteiger partial charge is 0.445 e. The summed E-state index contributed by atoms with van der Waals surface area (Å²) in [7, 11) is 0. The lowest BCUT2D eigenvalue weighted by Gasteiger charge is -2.16. The molecule has 19 heavy (non-hydrogen) atoms. The Hall–Kier alpha value is -1.88. The second-order valence-corrected chi connectivity index (χ2v) is 4.41. The summed E-state index contributed by atoms with van der Waals surface area (Å²) >= 11 is 0. The molecule has 1 amide bonds. The molecule has 0 aliphatic carbocycles. The van der Waals surface area contributed by atoms with E-state index in [0.29, 0.717) is 0 Å². The molecule has 0 radical (unpaired) electrons. The van der Waals surface area contributed by atoms with E-state index in [-0.39, 0.29) is 18.9 Å². The van der Waals surface area contributed by atoms with E-state index in [4.69, 9.17) is 4.74 Å². The predicted molar refractivity (Wildman–Crippen MR) is 70.5 cm³/mol. The van der Waals surface area contributed by atoms with Crippen LogP contribution in [0.5, 0.6) is 0 Å². The van der Waals surface area contributed by atoms with Crippen LogP contribution in [0.3, 0.4) is 0 Å². The topological polar surface area (TPSA) is 75.6 Å². The van der Waals surface area contributed by atoms with Gasteiger partial charge in [0, 0.05) is 12.5 Å². The summed E-state index contributed by atoms with van der Waals surface area (Å²) in [5.74, 6) is -0.624. The Balaban J connectivity index is 2.27. The Labute approximate surface area is 112 Å². The smallest absolute Gasteiger partial charge is 0.407 e. The maximum Gasteiger partial charge on any atom is 0.407 e. The first-order valence-electron chi connectivity index (χ1n) is 6.13. The van der Waals surface area contributed by atoms with Crippen LogP contribution in [0.4, 0.5) is 4.79 Å². The zero-order chi connectivity index (χ0) is 14.3. The van der Waals surface area contributed by atoms with Gasteiger partial charge in [-0.05, 0) is 12.5 Å². The predicted octanol–water partition coefficient (Wildman–Crippen LogP) is 1.50. The fraction of sp³-hybridized carbons (Fsp3) is 0.429. The number of nitrogens with one attached hydrogen (secondary N) is 1. The van der Waals surface area contributed by atoms with E-state index >= 15 is 0 Å². The van der Waals surface area contributed by atoms with Crippen LogP contribution in [-0.2, 0) is 16.1 Å². The van der Waals surface area contributed by atoms with Crippen molar-refractivity contribution in [3.05, 3.63) is 35.9 Å². The van der Waals surface area contributed by atoms with Gasteiger partial charge in [-0.15, -0.1) is 0 Å². The molecule has 1 aromatic carbocycles. The summed E-state index contributed by atoms with van der Waals surface area (Å²) in [5.41, 5.74) is 0.885. The molecule has 0 spiro atoms. The standard InChI is InChI=1S/C14H19NO4/c1-10(11(2)16)13(17)8-15-14(18)19-9-12-6-4-3-5-7-12/h3-7,10,13,17H,8-9H2,1-2H3,(H,15,18)/t10-,13+/m1/s1. The molecule has 1 rings (SSSR count). The Morgan fingerprint density at radius 1 is 1.32 bits per heavy atom. The molecule has 5 nitrogen and oxygen atoms in total. The third kappa shape index (κ3) is 5.52. The molecule has 0 fully saturated rings. The maximum atomic E-state index is 11.4. The van der Waals surface area contributed by atoms with Gasteiger partial charge in [0.25, 0.3) is 0 Å². The van der Waals surface area contributed by atoms with Gasteiger partial charge in [-0.1, -0.05) is 37.3 Å². The van der Waals surface area contributed by atoms with Gasteiger partial charge in [0.15, 0.2) is 0 Å². The summed E-state index contributed by atoms with van der Waals surface area (Å²) in [5, 5.41) is 12.1. The van der Waals surface area contributed by atoms with Crippen molar-refractivity contribution in [3.63, 3.8) is 0 Å². The van der Waals surface area contributed by atoms with Gasteiger partial charge in [0.05, 0.1) is 6.10 Å². The van der Waals surface area contributed by atoms with Crippen LogP contribution in [0.15, 0.2) is 30.3 Å². The number of aliphatic hydroxyl groups excluding tert-OH is 1. The SMILES string of the molecule is CC(=O)[C@@H](C)[C@@H](O)CNC(=O)OCc1ccccc1. The number of rotatable bonds is 6. The van der Waals surface area contributed by atoms with E-state index < -0.39 is 18.1 Å². The van der Waals surface area contributed by atoms with Crippen LogP contribution in [0, 0.1) is 5.92 Å². The van der Waals surface area contributed by atoms with Gasteiger partial charge in [-0.3, -0.25) is 4.79 Å². The van der Waals surface area contributed by atoms with Crippen LogP contribution in [0.2, 0.25) is 0 Å². The molecule has 2 N–H and O–H groups in total. The molecule has 0 bridgehead atoms. The van der Waals surface area contributed by atoms with Crippen molar-refractivity contribution in [1.82, 2.24) is 5.32 Å². The number of Topliss-reactive ketones (excluding diaryl/α,β-unsaturated/α-hetero) is 1. The second-order valence-electron chi connectivity index (χ2n) is 4.41. The van der Waals surface area contributed by atoms with Crippen LogP contribution in [-0.4, -0.2) is 29.6 Å². The van der Waals surface area contributed by atoms with Crippen molar-refractivity contribution < 1.29 is 19.4 Å². The van der Waals surface area contributed by atoms with Crippen molar-refractivity contribution in [2.45, 2.75) is 26.6 Å². The number of hydrogen-bond acceptors (Lipinski definition) is 4. The van der Waals surface area contributed by atoms with Crippen molar-refractivity contribution in [2.75, 3.05) is 6.54 Å². The highest BCUT2D eigenvalue weighted by Gasteiger charge is 2.19. The van der Waals surface area contributed by atoms with Gasteiger partial charge in [0.2, 0.25) is 0 Å². The van der Waals surface area contributed by atoms with Gasteiger partial charge in [0.1, 0.15) is 12.4 Å². The molecule has 0 unspecified atom stereocenters. The lowest BCUT2D eigenvalue weighted by molar-refractivity contribution is -0.123. The molecule has 0 heterocycles. The highest BCUT2D eigenvalue weighted by atomic mass is 16.5. The molecule has 0 saturated heterocycles. The number of benzene rings is 1. The van der Waals surface area contributed by atoms with Gasteiger partial charge in [-0.25, -0.2) is 4.79 Å². The quantitative estimate of drug-likeness (QED) is 0.817. The van der Waals surface area contributed by atoms with Crippen molar-refractivity contribution in [3.8, 4) is 0 Å². The summed E-state index contributed by atoms with van der Waals surface area (Å²) in [6.45, 7) is 3.19. The van der Waals surface area contributed by atoms with E-state index in [2.05, 4.69) is 5.32 Å². The Morgan fingerprint density at radius 3 is 2.53 bits per heavy atom. The first kappa shape index (κ1) is 15.2. The Bertz CT molecular complexity index is 419. The molecule has 5 heteroatoms. The second kappa shape index (κ2) is 7.53.